The van der Waals surface area contributed by atoms with Crippen LogP contribution in [-0.4, -0.2) is 16.9 Å². The van der Waals surface area contributed by atoms with E-state index in [4.69, 9.17) is 0 Å². The van der Waals surface area contributed by atoms with E-state index in [1.54, 1.807) is 6.20 Å². The fourth-order valence-corrected chi connectivity index (χ4v) is 2.37. The molecule has 1 aliphatic rings. The number of amides is 1. The van der Waals surface area contributed by atoms with Crippen molar-refractivity contribution in [3.63, 3.8) is 0 Å². The van der Waals surface area contributed by atoms with Gasteiger partial charge in [-0.15, -0.1) is 11.3 Å². The highest BCUT2D eigenvalue weighted by Gasteiger charge is 2.17. The van der Waals surface area contributed by atoms with Gasteiger partial charge in [-0.2, -0.15) is 0 Å². The van der Waals surface area contributed by atoms with E-state index >= 15 is 0 Å². The highest BCUT2D eigenvalue weighted by molar-refractivity contribution is 7.11. The fraction of sp³-hybridized carbons (Fsp3) is 0.600. The van der Waals surface area contributed by atoms with Gasteiger partial charge in [-0.05, 0) is 12.8 Å². The Morgan fingerprint density at radius 3 is 2.86 bits per heavy atom. The summed E-state index contributed by atoms with van der Waals surface area (Å²) in [6, 6.07) is 0.375. The molecule has 1 amide bonds. The Morgan fingerprint density at radius 2 is 2.21 bits per heavy atom. The summed E-state index contributed by atoms with van der Waals surface area (Å²) in [5, 5.41) is 5.44. The molecule has 1 N–H and O–H groups in total. The summed E-state index contributed by atoms with van der Waals surface area (Å²) in [4.78, 5) is 15.6. The number of nitrogens with one attached hydrogen (secondary N) is 1. The Kier molecular flexibility index (Phi) is 3.14. The van der Waals surface area contributed by atoms with Crippen LogP contribution >= 0.6 is 11.3 Å². The quantitative estimate of drug-likeness (QED) is 0.813. The monoisotopic (exact) mass is 210 g/mol. The lowest BCUT2D eigenvalue weighted by Crippen LogP contribution is -2.36. The number of aromatic nitrogens is 1. The molecule has 4 heteroatoms. The highest BCUT2D eigenvalue weighted by Crippen LogP contribution is 2.18. The van der Waals surface area contributed by atoms with Crippen molar-refractivity contribution in [2.24, 2.45) is 0 Å². The Morgan fingerprint density at radius 1 is 1.43 bits per heavy atom. The third-order valence-electron chi connectivity index (χ3n) is 2.57. The molecule has 1 aromatic rings. The van der Waals surface area contributed by atoms with E-state index in [-0.39, 0.29) is 5.91 Å². The van der Waals surface area contributed by atoms with Crippen LogP contribution in [0.4, 0.5) is 0 Å². The van der Waals surface area contributed by atoms with Crippen molar-refractivity contribution in [1.82, 2.24) is 10.3 Å². The SMILES string of the molecule is O=C(NC1CCCCC1)c1nccs1. The lowest BCUT2D eigenvalue weighted by Gasteiger charge is -2.22. The molecular weight excluding hydrogens is 196 g/mol. The van der Waals surface area contributed by atoms with Crippen LogP contribution in [0, 0.1) is 0 Å². The van der Waals surface area contributed by atoms with Gasteiger partial charge in [0, 0.05) is 17.6 Å². The minimum atomic E-state index is -0.00750. The number of hydrogen-bond acceptors (Lipinski definition) is 3. The van der Waals surface area contributed by atoms with Crippen LogP contribution in [0.2, 0.25) is 0 Å². The molecule has 1 saturated carbocycles. The molecule has 0 spiro atoms. The molecule has 0 atom stereocenters. The molecule has 0 saturated heterocycles. The van der Waals surface area contributed by atoms with E-state index in [2.05, 4.69) is 10.3 Å². The normalized spacial score (nSPS) is 18.0. The Hall–Kier alpha value is -0.900. The van der Waals surface area contributed by atoms with Crippen molar-refractivity contribution in [2.75, 3.05) is 0 Å². The first-order valence-corrected chi connectivity index (χ1v) is 5.94. The molecule has 2 rings (SSSR count). The maximum Gasteiger partial charge on any atom is 0.280 e. The number of carbonyl (C=O) groups excluding carboxylic acids is 1. The van der Waals surface area contributed by atoms with Gasteiger partial charge in [0.05, 0.1) is 0 Å². The standard InChI is InChI=1S/C10H14N2OS/c13-9(10-11-6-7-14-10)12-8-4-2-1-3-5-8/h6-8H,1-5H2,(H,12,13). The second kappa shape index (κ2) is 4.55. The van der Waals surface area contributed by atoms with Crippen LogP contribution in [0.1, 0.15) is 41.9 Å². The van der Waals surface area contributed by atoms with Crippen LogP contribution in [0.25, 0.3) is 0 Å². The molecule has 0 unspecified atom stereocenters. The van der Waals surface area contributed by atoms with Crippen molar-refractivity contribution >= 4 is 17.2 Å². The van der Waals surface area contributed by atoms with Crippen LogP contribution < -0.4 is 5.32 Å². The molecule has 0 aliphatic heterocycles. The molecule has 1 heterocycles. The maximum absolute atomic E-state index is 11.6. The van der Waals surface area contributed by atoms with Gasteiger partial charge in [0.25, 0.3) is 5.91 Å². The van der Waals surface area contributed by atoms with E-state index in [1.807, 2.05) is 5.38 Å². The zero-order valence-electron chi connectivity index (χ0n) is 8.03. The van der Waals surface area contributed by atoms with E-state index in [9.17, 15) is 4.79 Å². The second-order valence-electron chi connectivity index (χ2n) is 3.65. The minimum Gasteiger partial charge on any atom is -0.347 e. The van der Waals surface area contributed by atoms with Gasteiger partial charge in [0.1, 0.15) is 0 Å². The third kappa shape index (κ3) is 2.32. The van der Waals surface area contributed by atoms with Gasteiger partial charge < -0.3 is 5.32 Å². The first-order chi connectivity index (χ1) is 6.86. The maximum atomic E-state index is 11.6. The summed E-state index contributed by atoms with van der Waals surface area (Å²) in [6.07, 6.45) is 7.70. The van der Waals surface area contributed by atoms with Crippen LogP contribution in [-0.2, 0) is 0 Å². The lowest BCUT2D eigenvalue weighted by atomic mass is 9.95. The molecule has 76 valence electrons. The van der Waals surface area contributed by atoms with Crippen molar-refractivity contribution in [1.29, 1.82) is 0 Å². The topological polar surface area (TPSA) is 42.0 Å². The summed E-state index contributed by atoms with van der Waals surface area (Å²) in [5.41, 5.74) is 0. The van der Waals surface area contributed by atoms with Crippen LogP contribution in [0.5, 0.6) is 0 Å². The first-order valence-electron chi connectivity index (χ1n) is 5.06. The van der Waals surface area contributed by atoms with Crippen LogP contribution in [0.15, 0.2) is 11.6 Å². The van der Waals surface area contributed by atoms with Gasteiger partial charge in [-0.1, -0.05) is 19.3 Å². The van der Waals surface area contributed by atoms with Gasteiger partial charge in [-0.25, -0.2) is 4.98 Å². The van der Waals surface area contributed by atoms with Gasteiger partial charge in [0.2, 0.25) is 0 Å². The highest BCUT2D eigenvalue weighted by atomic mass is 32.1. The predicted octanol–water partition coefficient (Wildman–Crippen LogP) is 2.21. The number of hydrogen-bond donors (Lipinski definition) is 1. The molecule has 0 radical (unpaired) electrons. The fourth-order valence-electron chi connectivity index (χ4n) is 1.83. The third-order valence-corrected chi connectivity index (χ3v) is 3.34. The average molecular weight is 210 g/mol. The van der Waals surface area contributed by atoms with Gasteiger partial charge >= 0.3 is 0 Å². The zero-order chi connectivity index (χ0) is 9.80. The van der Waals surface area contributed by atoms with E-state index in [0.717, 1.165) is 12.8 Å². The summed E-state index contributed by atoms with van der Waals surface area (Å²) in [7, 11) is 0. The predicted molar refractivity (Wildman–Crippen MR) is 56.5 cm³/mol. The molecule has 14 heavy (non-hydrogen) atoms. The number of thiazole rings is 1. The number of rotatable bonds is 2. The van der Waals surface area contributed by atoms with Crippen molar-refractivity contribution in [3.8, 4) is 0 Å². The summed E-state index contributed by atoms with van der Waals surface area (Å²) in [5.74, 6) is -0.00750. The van der Waals surface area contributed by atoms with Crippen molar-refractivity contribution in [3.05, 3.63) is 16.6 Å². The van der Waals surface area contributed by atoms with Crippen molar-refractivity contribution < 1.29 is 4.79 Å². The molecular formula is C10H14N2OS. The molecule has 0 aromatic carbocycles. The molecule has 0 bridgehead atoms. The molecule has 1 aliphatic carbocycles. The van der Waals surface area contributed by atoms with Crippen LogP contribution in [0.3, 0.4) is 0 Å². The molecule has 1 aromatic heterocycles. The Balaban J connectivity index is 1.87. The summed E-state index contributed by atoms with van der Waals surface area (Å²) < 4.78 is 0. The van der Waals surface area contributed by atoms with Gasteiger partial charge in [0.15, 0.2) is 5.01 Å². The van der Waals surface area contributed by atoms with Crippen molar-refractivity contribution in [2.45, 2.75) is 38.1 Å². The minimum absolute atomic E-state index is 0.00750. The lowest BCUT2D eigenvalue weighted by molar-refractivity contribution is 0.0927. The average Bonchev–Trinajstić information content (AvgIpc) is 2.72. The summed E-state index contributed by atoms with van der Waals surface area (Å²) in [6.45, 7) is 0. The smallest absolute Gasteiger partial charge is 0.280 e. The Labute approximate surface area is 87.6 Å². The Bertz CT molecular complexity index is 291. The van der Waals surface area contributed by atoms with Gasteiger partial charge in [-0.3, -0.25) is 4.79 Å². The largest absolute Gasteiger partial charge is 0.347 e. The van der Waals surface area contributed by atoms with E-state index < -0.39 is 0 Å². The van der Waals surface area contributed by atoms with E-state index in [0.29, 0.717) is 11.0 Å². The molecule has 3 nitrogen and oxygen atoms in total. The molecule has 1 fully saturated rings. The van der Waals surface area contributed by atoms with E-state index in [1.165, 1.54) is 30.6 Å². The second-order valence-corrected chi connectivity index (χ2v) is 4.54. The number of carbonyl (C=O) groups is 1. The first kappa shape index (κ1) is 9.65. The number of nitrogens with zero attached hydrogens (tertiary/aromatic N) is 1. The summed E-state index contributed by atoms with van der Waals surface area (Å²) >= 11 is 1.40. The zero-order valence-corrected chi connectivity index (χ0v) is 8.85.